The molecule has 6 atom stereocenters. The Hall–Kier alpha value is -2.73. The number of pyridine rings is 1. The fraction of sp³-hybridized carbons (Fsp3) is 0.594. The van der Waals surface area contributed by atoms with Crippen LogP contribution in [0, 0.1) is 23.2 Å². The molecule has 5 fully saturated rings. The van der Waals surface area contributed by atoms with E-state index >= 15 is 0 Å². The first kappa shape index (κ1) is 24.3. The Kier molecular flexibility index (Phi) is 5.88. The van der Waals surface area contributed by atoms with Crippen LogP contribution in [0.4, 0.5) is 0 Å². The quantitative estimate of drug-likeness (QED) is 0.471. The minimum Gasteiger partial charge on any atom is -0.329 e. The van der Waals surface area contributed by atoms with Crippen molar-refractivity contribution in [2.75, 3.05) is 6.54 Å². The summed E-state index contributed by atoms with van der Waals surface area (Å²) in [6.45, 7) is 6.22. The van der Waals surface area contributed by atoms with E-state index in [9.17, 15) is 9.59 Å². The largest absolute Gasteiger partial charge is 0.329 e. The summed E-state index contributed by atoms with van der Waals surface area (Å²) in [6, 6.07) is 12.6. The number of H-pyrrole nitrogens is 1. The van der Waals surface area contributed by atoms with E-state index in [1.54, 1.807) is 18.3 Å². The van der Waals surface area contributed by atoms with Crippen molar-refractivity contribution in [3.8, 4) is 11.3 Å². The van der Waals surface area contributed by atoms with Crippen LogP contribution in [0.25, 0.3) is 22.3 Å². The average Bonchev–Trinajstić information content (AvgIpc) is 2.91. The number of fused-ring (bicyclic) bond motifs is 5. The van der Waals surface area contributed by atoms with Gasteiger partial charge in [-0.2, -0.15) is 0 Å². The minimum absolute atomic E-state index is 0.129. The second-order valence-corrected chi connectivity index (χ2v) is 13.1. The molecular formula is C32H40N4O2. The Morgan fingerprint density at radius 3 is 2.47 bits per heavy atom. The minimum atomic E-state index is -0.269. The van der Waals surface area contributed by atoms with Gasteiger partial charge in [0, 0.05) is 24.3 Å². The summed E-state index contributed by atoms with van der Waals surface area (Å²) in [6.07, 6.45) is 12.9. The van der Waals surface area contributed by atoms with Crippen LogP contribution in [-0.4, -0.2) is 38.1 Å². The molecule has 0 radical (unpaired) electrons. The zero-order valence-electron chi connectivity index (χ0n) is 22.7. The van der Waals surface area contributed by atoms with E-state index in [0.717, 1.165) is 41.6 Å². The highest BCUT2D eigenvalue weighted by atomic mass is 16.1. The standard InChI is InChI=1S/C32H40N4O2/c1-32(2)21-13-12-20(26(32)17-21)14-16-35-22-7-5-8-23(35)19-24(18-22)36-28-11-4-3-10-27(28)34-29(31(36)38)25-9-6-15-33-30(25)37/h3-4,6,9-11,15,20-24,26H,5,7-8,12-14,16-19H2,1-2H3,(H,33,37)/t20-,21-,22-,23+,24?,26-/m0/s1. The number of hydrogen-bond acceptors (Lipinski definition) is 4. The molecule has 3 aromatic rings. The summed E-state index contributed by atoms with van der Waals surface area (Å²) in [7, 11) is 0. The molecule has 200 valence electrons. The summed E-state index contributed by atoms with van der Waals surface area (Å²) < 4.78 is 1.99. The molecule has 4 bridgehead atoms. The van der Waals surface area contributed by atoms with Crippen LogP contribution in [-0.2, 0) is 0 Å². The monoisotopic (exact) mass is 512 g/mol. The molecule has 3 aliphatic carbocycles. The fourth-order valence-electron chi connectivity index (χ4n) is 8.95. The van der Waals surface area contributed by atoms with Crippen LogP contribution < -0.4 is 11.1 Å². The lowest BCUT2D eigenvalue weighted by atomic mass is 9.45. The van der Waals surface area contributed by atoms with Crippen molar-refractivity contribution in [2.24, 2.45) is 23.2 Å². The Balaban J connectivity index is 1.18. The van der Waals surface area contributed by atoms with Crippen molar-refractivity contribution in [1.82, 2.24) is 19.4 Å². The molecule has 6 heteroatoms. The summed E-state index contributed by atoms with van der Waals surface area (Å²) in [5.74, 6) is 2.76. The lowest BCUT2D eigenvalue weighted by Gasteiger charge is -2.60. The summed E-state index contributed by atoms with van der Waals surface area (Å²) in [4.78, 5) is 36.8. The molecule has 1 unspecified atom stereocenters. The topological polar surface area (TPSA) is 71.0 Å². The van der Waals surface area contributed by atoms with Crippen molar-refractivity contribution >= 4 is 11.0 Å². The van der Waals surface area contributed by atoms with Crippen LogP contribution >= 0.6 is 0 Å². The number of para-hydroxylation sites is 2. The zero-order chi connectivity index (χ0) is 26.0. The highest BCUT2D eigenvalue weighted by molar-refractivity contribution is 5.77. The van der Waals surface area contributed by atoms with Gasteiger partial charge < -0.3 is 9.55 Å². The van der Waals surface area contributed by atoms with Gasteiger partial charge in [0.25, 0.3) is 11.1 Å². The summed E-state index contributed by atoms with van der Waals surface area (Å²) in [5.41, 5.74) is 2.41. The van der Waals surface area contributed by atoms with E-state index in [1.165, 1.54) is 51.5 Å². The number of rotatable bonds is 5. The molecule has 1 aromatic carbocycles. The molecule has 2 aromatic heterocycles. The van der Waals surface area contributed by atoms with Crippen molar-refractivity contribution in [3.63, 3.8) is 0 Å². The Morgan fingerprint density at radius 2 is 1.74 bits per heavy atom. The van der Waals surface area contributed by atoms with Crippen LogP contribution in [0.2, 0.25) is 0 Å². The van der Waals surface area contributed by atoms with E-state index in [1.807, 2.05) is 28.8 Å². The van der Waals surface area contributed by atoms with Crippen LogP contribution in [0.5, 0.6) is 0 Å². The molecule has 0 amide bonds. The van der Waals surface area contributed by atoms with Gasteiger partial charge in [0.15, 0.2) is 0 Å². The zero-order valence-corrected chi connectivity index (χ0v) is 22.7. The highest BCUT2D eigenvalue weighted by Gasteiger charge is 2.54. The number of benzene rings is 1. The van der Waals surface area contributed by atoms with Gasteiger partial charge in [-0.15, -0.1) is 0 Å². The molecule has 3 saturated carbocycles. The lowest BCUT2D eigenvalue weighted by molar-refractivity contribution is -0.111. The molecule has 6 nitrogen and oxygen atoms in total. The Morgan fingerprint density at radius 1 is 0.947 bits per heavy atom. The number of nitrogens with one attached hydrogen (secondary N) is 1. The molecule has 0 spiro atoms. The second-order valence-electron chi connectivity index (χ2n) is 13.1. The predicted octanol–water partition coefficient (Wildman–Crippen LogP) is 5.77. The summed E-state index contributed by atoms with van der Waals surface area (Å²) >= 11 is 0. The highest BCUT2D eigenvalue weighted by Crippen LogP contribution is 2.62. The van der Waals surface area contributed by atoms with Gasteiger partial charge in [-0.25, -0.2) is 4.98 Å². The molecule has 2 aliphatic heterocycles. The van der Waals surface area contributed by atoms with Gasteiger partial charge in [0.1, 0.15) is 5.69 Å². The maximum absolute atomic E-state index is 14.0. The van der Waals surface area contributed by atoms with Gasteiger partial charge in [0.05, 0.1) is 16.6 Å². The molecule has 8 rings (SSSR count). The van der Waals surface area contributed by atoms with E-state index in [2.05, 4.69) is 28.7 Å². The van der Waals surface area contributed by atoms with E-state index in [4.69, 9.17) is 0 Å². The van der Waals surface area contributed by atoms with Crippen molar-refractivity contribution in [2.45, 2.75) is 89.8 Å². The molecule has 4 heterocycles. The molecule has 5 aliphatic rings. The van der Waals surface area contributed by atoms with E-state index in [0.29, 0.717) is 23.1 Å². The van der Waals surface area contributed by atoms with Gasteiger partial charge >= 0.3 is 0 Å². The third-order valence-electron chi connectivity index (χ3n) is 11.1. The SMILES string of the molecule is CC1(C)[C@H]2CC[C@@H](CCN3[C@@H]4CCC[C@H]3CC(n3c(=O)c(-c5ccc[nH]c5=O)nc5ccccc53)C4)[C@@H]1C2. The smallest absolute Gasteiger partial charge is 0.278 e. The molecular weight excluding hydrogens is 472 g/mol. The molecule has 38 heavy (non-hydrogen) atoms. The normalized spacial score (nSPS) is 32.2. The van der Waals surface area contributed by atoms with Crippen molar-refractivity contribution < 1.29 is 0 Å². The number of nitrogens with zero attached hydrogens (tertiary/aromatic N) is 3. The third-order valence-corrected chi connectivity index (χ3v) is 11.1. The maximum atomic E-state index is 14.0. The first-order valence-electron chi connectivity index (χ1n) is 14.9. The van der Waals surface area contributed by atoms with Crippen molar-refractivity contribution in [1.29, 1.82) is 0 Å². The van der Waals surface area contributed by atoms with Gasteiger partial charge in [0.2, 0.25) is 0 Å². The average molecular weight is 513 g/mol. The molecule has 2 saturated heterocycles. The van der Waals surface area contributed by atoms with Crippen LogP contribution in [0.3, 0.4) is 0 Å². The number of hydrogen-bond donors (Lipinski definition) is 1. The number of aromatic nitrogens is 3. The Bertz CT molecular complexity index is 1460. The Labute approximate surface area is 224 Å². The van der Waals surface area contributed by atoms with Crippen LogP contribution in [0.1, 0.15) is 77.7 Å². The predicted molar refractivity (Wildman–Crippen MR) is 151 cm³/mol. The number of aromatic amines is 1. The second kappa shape index (κ2) is 9.18. The maximum Gasteiger partial charge on any atom is 0.278 e. The first-order chi connectivity index (χ1) is 18.4. The lowest BCUT2D eigenvalue weighted by Crippen LogP contribution is -2.55. The van der Waals surface area contributed by atoms with Crippen LogP contribution in [0.15, 0.2) is 52.2 Å². The van der Waals surface area contributed by atoms with Gasteiger partial charge in [-0.1, -0.05) is 32.4 Å². The van der Waals surface area contributed by atoms with Crippen molar-refractivity contribution in [3.05, 3.63) is 63.3 Å². The fourth-order valence-corrected chi connectivity index (χ4v) is 8.95. The van der Waals surface area contributed by atoms with Gasteiger partial charge in [-0.3, -0.25) is 14.5 Å². The summed E-state index contributed by atoms with van der Waals surface area (Å²) in [5, 5.41) is 0. The van der Waals surface area contributed by atoms with E-state index < -0.39 is 0 Å². The van der Waals surface area contributed by atoms with Gasteiger partial charge in [-0.05, 0) is 105 Å². The van der Waals surface area contributed by atoms with E-state index in [-0.39, 0.29) is 22.9 Å². The third kappa shape index (κ3) is 3.82. The number of piperidine rings is 2. The first-order valence-corrected chi connectivity index (χ1v) is 14.9. The molecule has 1 N–H and O–H groups in total.